The highest BCUT2D eigenvalue weighted by Gasteiger charge is 2.17. The van der Waals surface area contributed by atoms with E-state index in [4.69, 9.17) is 0 Å². The van der Waals surface area contributed by atoms with Crippen LogP contribution in [0, 0.1) is 17.8 Å². The van der Waals surface area contributed by atoms with E-state index in [2.05, 4.69) is 27.7 Å². The van der Waals surface area contributed by atoms with Gasteiger partial charge in [0.2, 0.25) is 0 Å². The fourth-order valence-corrected chi connectivity index (χ4v) is 1.87. The number of aromatic hydroxyl groups is 1. The van der Waals surface area contributed by atoms with Gasteiger partial charge in [0, 0.05) is 0 Å². The fourth-order valence-electron chi connectivity index (χ4n) is 1.87. The molecule has 0 fully saturated rings. The maximum Gasteiger partial charge on any atom is 0.118 e. The maximum absolute atomic E-state index is 9.68. The second-order valence-electron chi connectivity index (χ2n) is 4.91. The standard InChI is InChI=1S/C14H22O/c1-10(2)12(4)11(3)9-13-7-5-6-8-14(13)15/h5-8,10-12,15H,9H2,1-4H3. The lowest BCUT2D eigenvalue weighted by Gasteiger charge is -2.23. The molecule has 1 rings (SSSR count). The van der Waals surface area contributed by atoms with Crippen LogP contribution in [0.3, 0.4) is 0 Å². The zero-order valence-corrected chi connectivity index (χ0v) is 10.2. The van der Waals surface area contributed by atoms with Crippen LogP contribution in [0.15, 0.2) is 24.3 Å². The van der Waals surface area contributed by atoms with E-state index in [0.717, 1.165) is 12.0 Å². The molecule has 2 unspecified atom stereocenters. The predicted octanol–water partition coefficient (Wildman–Crippen LogP) is 3.86. The van der Waals surface area contributed by atoms with Crippen LogP contribution in [-0.2, 0) is 6.42 Å². The van der Waals surface area contributed by atoms with Crippen molar-refractivity contribution >= 4 is 0 Å². The maximum atomic E-state index is 9.68. The molecule has 0 aliphatic carbocycles. The number of para-hydroxylation sites is 1. The lowest BCUT2D eigenvalue weighted by molar-refractivity contribution is 0.292. The molecular formula is C14H22O. The van der Waals surface area contributed by atoms with E-state index < -0.39 is 0 Å². The number of rotatable bonds is 4. The van der Waals surface area contributed by atoms with E-state index in [1.165, 1.54) is 0 Å². The van der Waals surface area contributed by atoms with Gasteiger partial charge in [0.15, 0.2) is 0 Å². The topological polar surface area (TPSA) is 20.2 Å². The Hall–Kier alpha value is -0.980. The average Bonchev–Trinajstić information content (AvgIpc) is 2.20. The first-order valence-corrected chi connectivity index (χ1v) is 5.79. The Morgan fingerprint density at radius 3 is 2.20 bits per heavy atom. The molecular weight excluding hydrogens is 184 g/mol. The molecule has 0 aliphatic heterocycles. The van der Waals surface area contributed by atoms with Crippen LogP contribution in [0.5, 0.6) is 5.75 Å². The SMILES string of the molecule is CC(C)C(C)C(C)Cc1ccccc1O. The van der Waals surface area contributed by atoms with Crippen LogP contribution < -0.4 is 0 Å². The molecule has 0 spiro atoms. The van der Waals surface area contributed by atoms with Gasteiger partial charge in [-0.15, -0.1) is 0 Å². The van der Waals surface area contributed by atoms with Gasteiger partial charge in [0.05, 0.1) is 0 Å². The highest BCUT2D eigenvalue weighted by atomic mass is 16.3. The molecule has 1 aromatic rings. The van der Waals surface area contributed by atoms with Crippen LogP contribution in [0.25, 0.3) is 0 Å². The minimum Gasteiger partial charge on any atom is -0.508 e. The Kier molecular flexibility index (Phi) is 4.19. The summed E-state index contributed by atoms with van der Waals surface area (Å²) >= 11 is 0. The number of hydrogen-bond donors (Lipinski definition) is 1. The summed E-state index contributed by atoms with van der Waals surface area (Å²) in [6, 6.07) is 7.64. The molecule has 1 nitrogen and oxygen atoms in total. The summed E-state index contributed by atoms with van der Waals surface area (Å²) in [5.74, 6) is 2.43. The van der Waals surface area contributed by atoms with Crippen LogP contribution in [0.4, 0.5) is 0 Å². The minimum atomic E-state index is 0.431. The minimum absolute atomic E-state index is 0.431. The molecule has 0 aromatic heterocycles. The van der Waals surface area contributed by atoms with Gasteiger partial charge in [-0.3, -0.25) is 0 Å². The van der Waals surface area contributed by atoms with Gasteiger partial charge in [-0.1, -0.05) is 45.9 Å². The highest BCUT2D eigenvalue weighted by molar-refractivity contribution is 5.32. The third kappa shape index (κ3) is 3.26. The summed E-state index contributed by atoms with van der Waals surface area (Å²) in [4.78, 5) is 0. The molecule has 0 aliphatic rings. The first-order chi connectivity index (χ1) is 7.02. The van der Waals surface area contributed by atoms with Gasteiger partial charge in [-0.25, -0.2) is 0 Å². The van der Waals surface area contributed by atoms with Crippen molar-refractivity contribution in [2.24, 2.45) is 17.8 Å². The summed E-state index contributed by atoms with van der Waals surface area (Å²) in [5, 5.41) is 9.68. The smallest absolute Gasteiger partial charge is 0.118 e. The zero-order valence-electron chi connectivity index (χ0n) is 10.2. The number of hydrogen-bond acceptors (Lipinski definition) is 1. The van der Waals surface area contributed by atoms with Crippen LogP contribution in [0.1, 0.15) is 33.3 Å². The predicted molar refractivity (Wildman–Crippen MR) is 65.0 cm³/mol. The molecule has 0 radical (unpaired) electrons. The Bertz CT molecular complexity index is 304. The van der Waals surface area contributed by atoms with E-state index in [1.807, 2.05) is 18.2 Å². The van der Waals surface area contributed by atoms with Gasteiger partial charge in [-0.2, -0.15) is 0 Å². The first kappa shape index (κ1) is 12.1. The Morgan fingerprint density at radius 2 is 1.67 bits per heavy atom. The molecule has 84 valence electrons. The van der Waals surface area contributed by atoms with Crippen molar-refractivity contribution in [2.45, 2.75) is 34.1 Å². The summed E-state index contributed by atoms with van der Waals surface area (Å²) in [7, 11) is 0. The molecule has 0 saturated carbocycles. The lowest BCUT2D eigenvalue weighted by Crippen LogP contribution is -2.16. The van der Waals surface area contributed by atoms with E-state index in [1.54, 1.807) is 6.07 Å². The van der Waals surface area contributed by atoms with Crippen molar-refractivity contribution in [3.05, 3.63) is 29.8 Å². The van der Waals surface area contributed by atoms with E-state index in [-0.39, 0.29) is 0 Å². The molecule has 1 aromatic carbocycles. The van der Waals surface area contributed by atoms with Crippen molar-refractivity contribution in [3.63, 3.8) is 0 Å². The average molecular weight is 206 g/mol. The lowest BCUT2D eigenvalue weighted by atomic mass is 9.82. The molecule has 0 bridgehead atoms. The molecule has 0 amide bonds. The highest BCUT2D eigenvalue weighted by Crippen LogP contribution is 2.26. The van der Waals surface area contributed by atoms with Gasteiger partial charge in [-0.05, 0) is 35.8 Å². The summed E-state index contributed by atoms with van der Waals surface area (Å²) in [6.07, 6.45) is 0.964. The van der Waals surface area contributed by atoms with Crippen molar-refractivity contribution in [1.82, 2.24) is 0 Å². The van der Waals surface area contributed by atoms with Crippen molar-refractivity contribution in [3.8, 4) is 5.75 Å². The molecule has 0 saturated heterocycles. The van der Waals surface area contributed by atoms with Crippen molar-refractivity contribution in [2.75, 3.05) is 0 Å². The number of phenols is 1. The van der Waals surface area contributed by atoms with Gasteiger partial charge in [0.25, 0.3) is 0 Å². The van der Waals surface area contributed by atoms with E-state index in [9.17, 15) is 5.11 Å². The van der Waals surface area contributed by atoms with Gasteiger partial charge >= 0.3 is 0 Å². The fraction of sp³-hybridized carbons (Fsp3) is 0.571. The van der Waals surface area contributed by atoms with Gasteiger partial charge < -0.3 is 5.11 Å². The number of benzene rings is 1. The third-order valence-corrected chi connectivity index (χ3v) is 3.48. The Morgan fingerprint density at radius 1 is 1.07 bits per heavy atom. The van der Waals surface area contributed by atoms with Crippen molar-refractivity contribution in [1.29, 1.82) is 0 Å². The number of phenolic OH excluding ortho intramolecular Hbond substituents is 1. The largest absolute Gasteiger partial charge is 0.508 e. The quantitative estimate of drug-likeness (QED) is 0.793. The monoisotopic (exact) mass is 206 g/mol. The van der Waals surface area contributed by atoms with Crippen molar-refractivity contribution < 1.29 is 5.11 Å². The molecule has 0 heterocycles. The van der Waals surface area contributed by atoms with Crippen LogP contribution in [-0.4, -0.2) is 5.11 Å². The summed E-state index contributed by atoms with van der Waals surface area (Å²) < 4.78 is 0. The van der Waals surface area contributed by atoms with E-state index >= 15 is 0 Å². The molecule has 1 heteroatoms. The van der Waals surface area contributed by atoms with Crippen LogP contribution in [0.2, 0.25) is 0 Å². The second kappa shape index (κ2) is 5.20. The Labute approximate surface area is 93.1 Å². The second-order valence-corrected chi connectivity index (χ2v) is 4.91. The molecule has 1 N–H and O–H groups in total. The summed E-state index contributed by atoms with van der Waals surface area (Å²) in [6.45, 7) is 9.06. The first-order valence-electron chi connectivity index (χ1n) is 5.79. The summed E-state index contributed by atoms with van der Waals surface area (Å²) in [5.41, 5.74) is 1.07. The normalized spacial score (nSPS) is 15.3. The zero-order chi connectivity index (χ0) is 11.4. The van der Waals surface area contributed by atoms with Gasteiger partial charge in [0.1, 0.15) is 5.75 Å². The molecule has 2 atom stereocenters. The van der Waals surface area contributed by atoms with E-state index in [0.29, 0.717) is 23.5 Å². The Balaban J connectivity index is 2.66. The third-order valence-electron chi connectivity index (χ3n) is 3.48. The van der Waals surface area contributed by atoms with Crippen LogP contribution >= 0.6 is 0 Å². The molecule has 15 heavy (non-hydrogen) atoms.